The van der Waals surface area contributed by atoms with E-state index in [1.54, 1.807) is 0 Å². The van der Waals surface area contributed by atoms with Crippen LogP contribution in [-0.2, 0) is 14.3 Å². The summed E-state index contributed by atoms with van der Waals surface area (Å²) in [7, 11) is 0. The van der Waals surface area contributed by atoms with Crippen molar-refractivity contribution in [3.8, 4) is 0 Å². The maximum atomic E-state index is 13.1. The highest BCUT2D eigenvalue weighted by atomic mass is 16.5. The van der Waals surface area contributed by atoms with Crippen molar-refractivity contribution in [1.29, 1.82) is 0 Å². The van der Waals surface area contributed by atoms with Crippen LogP contribution in [0.2, 0.25) is 0 Å². The zero-order valence-corrected chi connectivity index (χ0v) is 40.2. The van der Waals surface area contributed by atoms with Gasteiger partial charge in [-0.3, -0.25) is 9.59 Å². The van der Waals surface area contributed by atoms with Crippen LogP contribution in [0.15, 0.2) is 0 Å². The normalized spacial score (nSPS) is 13.1. The molecule has 1 amide bonds. The van der Waals surface area contributed by atoms with Crippen molar-refractivity contribution < 1.29 is 24.5 Å². The summed E-state index contributed by atoms with van der Waals surface area (Å²) in [6.45, 7) is 6.49. The maximum absolute atomic E-state index is 13.1. The van der Waals surface area contributed by atoms with Crippen LogP contribution in [0.1, 0.15) is 303 Å². The Kier molecular flexibility index (Phi) is 47.0. The molecule has 0 aliphatic rings. The van der Waals surface area contributed by atoms with Crippen molar-refractivity contribution in [3.63, 3.8) is 0 Å². The van der Waals surface area contributed by atoms with E-state index in [1.807, 2.05) is 0 Å². The first kappa shape index (κ1) is 57.9. The Morgan fingerprint density at radius 1 is 0.424 bits per heavy atom. The Morgan fingerprint density at radius 2 is 0.712 bits per heavy atom. The molecule has 0 aliphatic heterocycles. The number of carbonyl (C=O) groups excluding carboxylic acids is 2. The number of hydrogen-bond donors (Lipinski definition) is 3. The van der Waals surface area contributed by atoms with Gasteiger partial charge in [0, 0.05) is 6.42 Å². The van der Waals surface area contributed by atoms with Gasteiger partial charge in [-0.1, -0.05) is 265 Å². The average Bonchev–Trinajstić information content (AvgIpc) is 3.23. The fraction of sp³-hybridized carbons (Fsp3) is 0.962. The van der Waals surface area contributed by atoms with Crippen LogP contribution in [0.25, 0.3) is 0 Å². The summed E-state index contributed by atoms with van der Waals surface area (Å²) in [6, 6.07) is -0.691. The summed E-state index contributed by atoms with van der Waals surface area (Å²) in [5.41, 5.74) is 0. The molecule has 3 N–H and O–H groups in total. The lowest BCUT2D eigenvalue weighted by atomic mass is 10.0. The minimum atomic E-state index is -0.778. The maximum Gasteiger partial charge on any atom is 0.306 e. The van der Waals surface area contributed by atoms with Gasteiger partial charge in [0.1, 0.15) is 6.10 Å². The molecule has 0 aromatic heterocycles. The van der Waals surface area contributed by atoms with E-state index in [4.69, 9.17) is 4.74 Å². The van der Waals surface area contributed by atoms with Crippen molar-refractivity contribution in [2.24, 2.45) is 0 Å². The van der Waals surface area contributed by atoms with Gasteiger partial charge in [0.15, 0.2) is 0 Å². The first-order valence-electron chi connectivity index (χ1n) is 26.8. The van der Waals surface area contributed by atoms with Crippen LogP contribution in [0.4, 0.5) is 0 Å². The number of ether oxygens (including phenoxy) is 1. The monoisotopic (exact) mass is 836 g/mol. The average molecular weight is 836 g/mol. The van der Waals surface area contributed by atoms with Crippen LogP contribution in [-0.4, -0.2) is 46.9 Å². The van der Waals surface area contributed by atoms with E-state index in [9.17, 15) is 19.8 Å². The zero-order chi connectivity index (χ0) is 43.1. The van der Waals surface area contributed by atoms with E-state index in [-0.39, 0.29) is 24.9 Å². The second-order valence-corrected chi connectivity index (χ2v) is 18.6. The van der Waals surface area contributed by atoms with Crippen LogP contribution < -0.4 is 5.32 Å². The molecule has 0 rings (SSSR count). The summed E-state index contributed by atoms with van der Waals surface area (Å²) in [5, 5.41) is 23.7. The molecular formula is C53H105NO5. The number of aliphatic hydroxyl groups is 2. The third kappa shape index (κ3) is 43.3. The molecule has 3 unspecified atom stereocenters. The van der Waals surface area contributed by atoms with Gasteiger partial charge in [0.2, 0.25) is 5.91 Å². The topological polar surface area (TPSA) is 95.9 Å². The van der Waals surface area contributed by atoms with Crippen molar-refractivity contribution in [3.05, 3.63) is 0 Å². The molecule has 3 atom stereocenters. The Morgan fingerprint density at radius 3 is 1.03 bits per heavy atom. The minimum absolute atomic E-state index is 0.0862. The van der Waals surface area contributed by atoms with Gasteiger partial charge in [-0.2, -0.15) is 0 Å². The van der Waals surface area contributed by atoms with Gasteiger partial charge in [-0.05, 0) is 25.7 Å². The number of amides is 1. The van der Waals surface area contributed by atoms with Crippen molar-refractivity contribution in [2.45, 2.75) is 322 Å². The van der Waals surface area contributed by atoms with E-state index in [2.05, 4.69) is 26.1 Å². The lowest BCUT2D eigenvalue weighted by Crippen LogP contribution is -2.46. The van der Waals surface area contributed by atoms with E-state index in [0.717, 1.165) is 38.5 Å². The molecule has 0 aromatic carbocycles. The summed E-state index contributed by atoms with van der Waals surface area (Å²) in [5.74, 6) is -0.456. The molecule has 6 heteroatoms. The number of esters is 1. The Balaban J connectivity index is 4.26. The predicted molar refractivity (Wildman–Crippen MR) is 255 cm³/mol. The Labute approximate surface area is 368 Å². The number of nitrogens with one attached hydrogen (secondary N) is 1. The van der Waals surface area contributed by atoms with E-state index < -0.39 is 18.2 Å². The molecule has 0 aliphatic carbocycles. The van der Waals surface area contributed by atoms with Gasteiger partial charge in [0.05, 0.1) is 25.2 Å². The van der Waals surface area contributed by atoms with Crippen LogP contribution >= 0.6 is 0 Å². The standard InChI is InChI=1S/C53H105NO5/c1-4-7-10-13-16-18-20-22-24-25-26-27-28-30-32-34-37-40-43-46-53(58)59-49(44-41-38-35-15-12-9-6-3)47-52(57)54-50(48-55)51(56)45-42-39-36-33-31-29-23-21-19-17-14-11-8-5-2/h49-51,55-56H,4-48H2,1-3H3,(H,54,57). The molecule has 59 heavy (non-hydrogen) atoms. The molecule has 0 bridgehead atoms. The highest BCUT2D eigenvalue weighted by Crippen LogP contribution is 2.19. The summed E-state index contributed by atoms with van der Waals surface area (Å²) < 4.78 is 5.91. The fourth-order valence-corrected chi connectivity index (χ4v) is 8.61. The molecule has 352 valence electrons. The van der Waals surface area contributed by atoms with Crippen LogP contribution in [0.3, 0.4) is 0 Å². The van der Waals surface area contributed by atoms with Crippen molar-refractivity contribution in [1.82, 2.24) is 5.32 Å². The Hall–Kier alpha value is -1.14. The molecular weight excluding hydrogens is 731 g/mol. The third-order valence-electron chi connectivity index (χ3n) is 12.7. The van der Waals surface area contributed by atoms with Gasteiger partial charge in [-0.15, -0.1) is 0 Å². The smallest absolute Gasteiger partial charge is 0.306 e. The van der Waals surface area contributed by atoms with Gasteiger partial charge < -0.3 is 20.3 Å². The number of carbonyl (C=O) groups is 2. The lowest BCUT2D eigenvalue weighted by Gasteiger charge is -2.24. The molecule has 6 nitrogen and oxygen atoms in total. The van der Waals surface area contributed by atoms with E-state index in [0.29, 0.717) is 19.3 Å². The summed E-state index contributed by atoms with van der Waals surface area (Å²) in [4.78, 5) is 26.0. The molecule has 0 heterocycles. The fourth-order valence-electron chi connectivity index (χ4n) is 8.61. The van der Waals surface area contributed by atoms with Gasteiger partial charge in [-0.25, -0.2) is 0 Å². The summed E-state index contributed by atoms with van der Waals surface area (Å²) >= 11 is 0. The molecule has 0 radical (unpaired) electrons. The predicted octanol–water partition coefficient (Wildman–Crippen LogP) is 16.0. The number of aliphatic hydroxyl groups excluding tert-OH is 2. The third-order valence-corrected chi connectivity index (χ3v) is 12.7. The first-order valence-corrected chi connectivity index (χ1v) is 26.8. The zero-order valence-electron chi connectivity index (χ0n) is 40.2. The molecule has 0 aromatic rings. The quantitative estimate of drug-likeness (QED) is 0.0419. The lowest BCUT2D eigenvalue weighted by molar-refractivity contribution is -0.151. The highest BCUT2D eigenvalue weighted by Gasteiger charge is 2.24. The number of unbranched alkanes of at least 4 members (excludes halogenated alkanes) is 37. The van der Waals surface area contributed by atoms with E-state index >= 15 is 0 Å². The number of rotatable bonds is 49. The molecule has 0 spiro atoms. The van der Waals surface area contributed by atoms with Crippen LogP contribution in [0, 0.1) is 0 Å². The minimum Gasteiger partial charge on any atom is -0.462 e. The SMILES string of the molecule is CCCCCCCCCCCCCCCCCCCCCC(=O)OC(CCCCCCCCC)CC(=O)NC(CO)C(O)CCCCCCCCCCCCCCCC. The second-order valence-electron chi connectivity index (χ2n) is 18.6. The van der Waals surface area contributed by atoms with Gasteiger partial charge >= 0.3 is 5.97 Å². The van der Waals surface area contributed by atoms with Crippen molar-refractivity contribution >= 4 is 11.9 Å². The molecule has 0 fully saturated rings. The largest absolute Gasteiger partial charge is 0.462 e. The molecule has 0 saturated carbocycles. The summed E-state index contributed by atoms with van der Waals surface area (Å²) in [6.07, 6.45) is 51.8. The Bertz CT molecular complexity index is 852. The van der Waals surface area contributed by atoms with Gasteiger partial charge in [0.25, 0.3) is 0 Å². The van der Waals surface area contributed by atoms with Crippen molar-refractivity contribution in [2.75, 3.05) is 6.61 Å². The second kappa shape index (κ2) is 47.9. The highest BCUT2D eigenvalue weighted by molar-refractivity contribution is 5.77. The number of hydrogen-bond acceptors (Lipinski definition) is 5. The van der Waals surface area contributed by atoms with Crippen LogP contribution in [0.5, 0.6) is 0 Å². The van der Waals surface area contributed by atoms with E-state index in [1.165, 1.54) is 218 Å². The molecule has 0 saturated heterocycles. The first-order chi connectivity index (χ1) is 29.0.